The van der Waals surface area contributed by atoms with E-state index in [4.69, 9.17) is 4.74 Å². The third-order valence-corrected chi connectivity index (χ3v) is 3.59. The van der Waals surface area contributed by atoms with Crippen LogP contribution in [-0.4, -0.2) is 36.1 Å². The van der Waals surface area contributed by atoms with Gasteiger partial charge in [0.05, 0.1) is 19.3 Å². The fourth-order valence-electron chi connectivity index (χ4n) is 2.76. The van der Waals surface area contributed by atoms with Crippen LogP contribution >= 0.6 is 0 Å². The topological polar surface area (TPSA) is 39.1 Å². The van der Waals surface area contributed by atoms with Crippen LogP contribution in [0.2, 0.25) is 0 Å². The van der Waals surface area contributed by atoms with Gasteiger partial charge in [0.1, 0.15) is 0 Å². The third kappa shape index (κ3) is 2.87. The van der Waals surface area contributed by atoms with Gasteiger partial charge in [-0.05, 0) is 38.8 Å². The molecule has 4 nitrogen and oxygen atoms in total. The maximum absolute atomic E-state index is 5.15. The van der Waals surface area contributed by atoms with E-state index in [1.54, 1.807) is 7.11 Å². The summed E-state index contributed by atoms with van der Waals surface area (Å²) >= 11 is 0. The van der Waals surface area contributed by atoms with Crippen LogP contribution in [0.5, 0.6) is 0 Å². The van der Waals surface area contributed by atoms with E-state index in [0.29, 0.717) is 12.0 Å². The number of hydrogen-bond acceptors (Lipinski definition) is 3. The second-order valence-corrected chi connectivity index (χ2v) is 5.01. The van der Waals surface area contributed by atoms with E-state index >= 15 is 0 Å². The minimum Gasteiger partial charge on any atom is -0.383 e. The Bertz CT molecular complexity index is 362. The van der Waals surface area contributed by atoms with Gasteiger partial charge in [-0.25, -0.2) is 0 Å². The third-order valence-electron chi connectivity index (χ3n) is 3.59. The molecule has 2 rings (SSSR count). The summed E-state index contributed by atoms with van der Waals surface area (Å²) in [5.74, 6) is 0.644. The highest BCUT2D eigenvalue weighted by Gasteiger charge is 2.24. The molecule has 1 aliphatic rings. The molecule has 1 fully saturated rings. The number of ether oxygens (including phenoxy) is 1. The second kappa shape index (κ2) is 5.65. The molecule has 0 radical (unpaired) electrons. The molecule has 1 unspecified atom stereocenters. The first kappa shape index (κ1) is 12.6. The first-order chi connectivity index (χ1) is 8.22. The largest absolute Gasteiger partial charge is 0.383 e. The van der Waals surface area contributed by atoms with Gasteiger partial charge in [0.25, 0.3) is 0 Å². The Hall–Kier alpha value is -0.870. The Morgan fingerprint density at radius 2 is 2.41 bits per heavy atom. The predicted octanol–water partition coefficient (Wildman–Crippen LogP) is 1.69. The second-order valence-electron chi connectivity index (χ2n) is 5.01. The van der Waals surface area contributed by atoms with Gasteiger partial charge in [-0.15, -0.1) is 0 Å². The fraction of sp³-hybridized carbons (Fsp3) is 0.769. The number of nitrogens with zero attached hydrogens (tertiary/aromatic N) is 2. The van der Waals surface area contributed by atoms with Crippen LogP contribution in [0.3, 0.4) is 0 Å². The van der Waals surface area contributed by atoms with Crippen LogP contribution in [0, 0.1) is 6.92 Å². The molecule has 0 bridgehead atoms. The number of piperidine rings is 1. The van der Waals surface area contributed by atoms with Crippen LogP contribution in [-0.2, 0) is 11.3 Å². The van der Waals surface area contributed by atoms with Crippen LogP contribution < -0.4 is 5.32 Å². The molecule has 4 heteroatoms. The highest BCUT2D eigenvalue weighted by atomic mass is 16.5. The average Bonchev–Trinajstić information content (AvgIpc) is 2.68. The van der Waals surface area contributed by atoms with E-state index in [1.165, 1.54) is 24.1 Å². The van der Waals surface area contributed by atoms with E-state index in [1.807, 2.05) is 6.20 Å². The van der Waals surface area contributed by atoms with E-state index < -0.39 is 0 Å². The van der Waals surface area contributed by atoms with E-state index in [2.05, 4.69) is 28.9 Å². The van der Waals surface area contributed by atoms with Crippen molar-refractivity contribution in [2.24, 2.45) is 0 Å². The molecular weight excluding hydrogens is 214 g/mol. The van der Waals surface area contributed by atoms with Gasteiger partial charge in [-0.2, -0.15) is 5.10 Å². The van der Waals surface area contributed by atoms with Crippen LogP contribution in [0.1, 0.15) is 36.9 Å². The lowest BCUT2D eigenvalue weighted by Crippen LogP contribution is -2.35. The van der Waals surface area contributed by atoms with Gasteiger partial charge in [0, 0.05) is 24.8 Å². The minimum absolute atomic E-state index is 0.610. The molecule has 17 heavy (non-hydrogen) atoms. The Balaban J connectivity index is 2.14. The Kier molecular flexibility index (Phi) is 4.18. The Morgan fingerprint density at radius 3 is 3.12 bits per heavy atom. The molecule has 2 atom stereocenters. The monoisotopic (exact) mass is 237 g/mol. The zero-order chi connectivity index (χ0) is 12.3. The van der Waals surface area contributed by atoms with Crippen molar-refractivity contribution in [1.82, 2.24) is 15.1 Å². The first-order valence-corrected chi connectivity index (χ1v) is 6.47. The smallest absolute Gasteiger partial charge is 0.0658 e. The summed E-state index contributed by atoms with van der Waals surface area (Å²) < 4.78 is 7.27. The summed E-state index contributed by atoms with van der Waals surface area (Å²) in [7, 11) is 1.74. The van der Waals surface area contributed by atoms with Gasteiger partial charge in [-0.1, -0.05) is 0 Å². The molecule has 1 aromatic heterocycles. The molecule has 0 saturated carbocycles. The number of nitrogens with one attached hydrogen (secondary N) is 1. The molecule has 1 aromatic rings. The van der Waals surface area contributed by atoms with E-state index in [0.717, 1.165) is 19.7 Å². The number of rotatable bonds is 4. The summed E-state index contributed by atoms with van der Waals surface area (Å²) in [5, 5.41) is 7.97. The van der Waals surface area contributed by atoms with Crippen molar-refractivity contribution in [3.63, 3.8) is 0 Å². The van der Waals surface area contributed by atoms with Crippen molar-refractivity contribution >= 4 is 0 Å². The predicted molar refractivity (Wildman–Crippen MR) is 68.3 cm³/mol. The molecule has 0 aliphatic carbocycles. The Labute approximate surface area is 103 Å². The van der Waals surface area contributed by atoms with Crippen LogP contribution in [0.15, 0.2) is 6.20 Å². The van der Waals surface area contributed by atoms with Gasteiger partial charge in [0.2, 0.25) is 0 Å². The molecule has 0 aromatic carbocycles. The number of aryl methyl sites for hydroxylation is 1. The van der Waals surface area contributed by atoms with Gasteiger partial charge in [0.15, 0.2) is 0 Å². The van der Waals surface area contributed by atoms with Gasteiger partial charge in [-0.3, -0.25) is 4.68 Å². The van der Waals surface area contributed by atoms with Crippen LogP contribution in [0.25, 0.3) is 0 Å². The molecule has 1 saturated heterocycles. The van der Waals surface area contributed by atoms with Crippen molar-refractivity contribution < 1.29 is 4.74 Å². The summed E-state index contributed by atoms with van der Waals surface area (Å²) in [6.07, 6.45) is 4.40. The van der Waals surface area contributed by atoms with Crippen molar-refractivity contribution in [3.05, 3.63) is 17.5 Å². The maximum Gasteiger partial charge on any atom is 0.0658 e. The minimum atomic E-state index is 0.610. The zero-order valence-electron chi connectivity index (χ0n) is 11.1. The molecule has 1 N–H and O–H groups in total. The fourth-order valence-corrected chi connectivity index (χ4v) is 2.76. The normalized spacial score (nSPS) is 25.1. The van der Waals surface area contributed by atoms with Gasteiger partial charge < -0.3 is 10.1 Å². The Morgan fingerprint density at radius 1 is 1.59 bits per heavy atom. The molecular formula is C13H23N3O. The number of aromatic nitrogens is 2. The molecule has 2 heterocycles. The summed E-state index contributed by atoms with van der Waals surface area (Å²) in [6, 6.07) is 0.610. The van der Waals surface area contributed by atoms with Crippen molar-refractivity contribution in [2.75, 3.05) is 20.3 Å². The molecule has 1 aliphatic heterocycles. The SMILES string of the molecule is COCCn1ncc(C)c1C1CCN[C@H](C)C1. The molecule has 0 amide bonds. The summed E-state index contributed by atoms with van der Waals surface area (Å²) in [4.78, 5) is 0. The van der Waals surface area contributed by atoms with Gasteiger partial charge >= 0.3 is 0 Å². The lowest BCUT2D eigenvalue weighted by molar-refractivity contribution is 0.181. The van der Waals surface area contributed by atoms with E-state index in [9.17, 15) is 0 Å². The number of methoxy groups -OCH3 is 1. The zero-order valence-corrected chi connectivity index (χ0v) is 11.1. The highest BCUT2D eigenvalue weighted by Crippen LogP contribution is 2.29. The average molecular weight is 237 g/mol. The highest BCUT2D eigenvalue weighted by molar-refractivity contribution is 5.21. The summed E-state index contributed by atoms with van der Waals surface area (Å²) in [5.41, 5.74) is 2.73. The quantitative estimate of drug-likeness (QED) is 0.866. The standard InChI is InChI=1S/C13H23N3O/c1-10-9-15-16(6-7-17-3)13(10)12-4-5-14-11(2)8-12/h9,11-12,14H,4-8H2,1-3H3/t11-,12?/m1/s1. The lowest BCUT2D eigenvalue weighted by Gasteiger charge is -2.29. The maximum atomic E-state index is 5.15. The molecule has 0 spiro atoms. The lowest BCUT2D eigenvalue weighted by atomic mass is 9.89. The summed E-state index contributed by atoms with van der Waals surface area (Å²) in [6.45, 7) is 7.13. The first-order valence-electron chi connectivity index (χ1n) is 6.47. The molecule has 96 valence electrons. The van der Waals surface area contributed by atoms with Crippen molar-refractivity contribution in [2.45, 2.75) is 45.2 Å². The van der Waals surface area contributed by atoms with Crippen LogP contribution in [0.4, 0.5) is 0 Å². The van der Waals surface area contributed by atoms with Crippen molar-refractivity contribution in [3.8, 4) is 0 Å². The van der Waals surface area contributed by atoms with E-state index in [-0.39, 0.29) is 0 Å². The number of hydrogen-bond donors (Lipinski definition) is 1. The van der Waals surface area contributed by atoms with Crippen molar-refractivity contribution in [1.29, 1.82) is 0 Å².